The molecule has 0 aromatic heterocycles. The number of rotatable bonds is 4. The van der Waals surface area contributed by atoms with Crippen LogP contribution in [-0.2, 0) is 0 Å². The molecule has 3 nitrogen and oxygen atoms in total. The zero-order valence-electron chi connectivity index (χ0n) is 11.9. The third kappa shape index (κ3) is 3.00. The van der Waals surface area contributed by atoms with Crippen LogP contribution in [0.3, 0.4) is 0 Å². The number of halogens is 1. The Hall–Kier alpha value is -1.29. The second-order valence-electron chi connectivity index (χ2n) is 5.05. The average molecular weight is 266 g/mol. The van der Waals surface area contributed by atoms with E-state index in [-0.39, 0.29) is 5.82 Å². The highest BCUT2D eigenvalue weighted by Crippen LogP contribution is 2.28. The van der Waals surface area contributed by atoms with Crippen LogP contribution in [0.15, 0.2) is 18.2 Å². The van der Waals surface area contributed by atoms with Gasteiger partial charge in [0.1, 0.15) is 11.6 Å². The molecular weight excluding hydrogens is 243 g/mol. The first-order valence-electron chi connectivity index (χ1n) is 7.03. The van der Waals surface area contributed by atoms with E-state index in [1.165, 1.54) is 6.07 Å². The normalized spacial score (nSPS) is 23.5. The highest BCUT2D eigenvalue weighted by molar-refractivity contribution is 5.53. The zero-order chi connectivity index (χ0) is 13.8. The summed E-state index contributed by atoms with van der Waals surface area (Å²) < 4.78 is 19.3. The van der Waals surface area contributed by atoms with E-state index in [1.54, 1.807) is 19.2 Å². The van der Waals surface area contributed by atoms with Crippen molar-refractivity contribution >= 4 is 5.69 Å². The summed E-state index contributed by atoms with van der Waals surface area (Å²) >= 11 is 0. The standard InChI is InChI=1S/C15H23FN2O/c1-4-11-10-18(12(5-2)9-17-11)15-8-13(19-3)6-7-14(15)16/h6-8,11-12,17H,4-5,9-10H2,1-3H3. The minimum absolute atomic E-state index is 0.170. The van der Waals surface area contributed by atoms with Crippen LogP contribution in [0, 0.1) is 5.82 Å². The molecule has 1 aliphatic rings. The molecule has 0 saturated carbocycles. The minimum atomic E-state index is -0.170. The monoisotopic (exact) mass is 266 g/mol. The van der Waals surface area contributed by atoms with Gasteiger partial charge >= 0.3 is 0 Å². The van der Waals surface area contributed by atoms with Crippen molar-refractivity contribution in [2.75, 3.05) is 25.1 Å². The van der Waals surface area contributed by atoms with Gasteiger partial charge in [-0.1, -0.05) is 13.8 Å². The molecule has 0 aliphatic carbocycles. The van der Waals surface area contributed by atoms with E-state index >= 15 is 0 Å². The Morgan fingerprint density at radius 2 is 2.16 bits per heavy atom. The molecule has 2 rings (SSSR count). The Balaban J connectivity index is 2.30. The summed E-state index contributed by atoms with van der Waals surface area (Å²) in [5, 5.41) is 3.52. The molecule has 1 heterocycles. The van der Waals surface area contributed by atoms with Crippen molar-refractivity contribution in [1.29, 1.82) is 0 Å². The summed E-state index contributed by atoms with van der Waals surface area (Å²) in [6, 6.07) is 5.72. The van der Waals surface area contributed by atoms with Gasteiger partial charge in [0.25, 0.3) is 0 Å². The minimum Gasteiger partial charge on any atom is -0.497 e. The predicted octanol–water partition coefficient (Wildman–Crippen LogP) is 2.80. The highest BCUT2D eigenvalue weighted by Gasteiger charge is 2.27. The molecule has 0 amide bonds. The molecule has 106 valence electrons. The molecule has 19 heavy (non-hydrogen) atoms. The lowest BCUT2D eigenvalue weighted by molar-refractivity contribution is 0.373. The maximum atomic E-state index is 14.1. The Morgan fingerprint density at radius 1 is 1.37 bits per heavy atom. The van der Waals surface area contributed by atoms with Crippen LogP contribution in [0.1, 0.15) is 26.7 Å². The molecule has 1 aromatic rings. The molecule has 1 fully saturated rings. The molecule has 0 spiro atoms. The van der Waals surface area contributed by atoms with E-state index in [9.17, 15) is 4.39 Å². The predicted molar refractivity (Wildman–Crippen MR) is 76.5 cm³/mol. The number of nitrogens with one attached hydrogen (secondary N) is 1. The average Bonchev–Trinajstić information content (AvgIpc) is 2.47. The van der Waals surface area contributed by atoms with Crippen LogP contribution in [0.25, 0.3) is 0 Å². The van der Waals surface area contributed by atoms with Crippen LogP contribution in [-0.4, -0.2) is 32.3 Å². The molecule has 4 heteroatoms. The largest absolute Gasteiger partial charge is 0.497 e. The van der Waals surface area contributed by atoms with Crippen LogP contribution in [0.2, 0.25) is 0 Å². The molecule has 2 atom stereocenters. The Morgan fingerprint density at radius 3 is 2.79 bits per heavy atom. The number of hydrogen-bond donors (Lipinski definition) is 1. The number of anilines is 1. The number of methoxy groups -OCH3 is 1. The van der Waals surface area contributed by atoms with Crippen LogP contribution in [0.5, 0.6) is 5.75 Å². The van der Waals surface area contributed by atoms with Gasteiger partial charge in [0.2, 0.25) is 0 Å². The van der Waals surface area contributed by atoms with Crippen molar-refractivity contribution in [3.05, 3.63) is 24.0 Å². The molecule has 1 aliphatic heterocycles. The van der Waals surface area contributed by atoms with Crippen molar-refractivity contribution < 1.29 is 9.13 Å². The maximum absolute atomic E-state index is 14.1. The second-order valence-corrected chi connectivity index (χ2v) is 5.05. The first-order valence-corrected chi connectivity index (χ1v) is 7.03. The lowest BCUT2D eigenvalue weighted by Gasteiger charge is -2.41. The van der Waals surface area contributed by atoms with E-state index in [0.29, 0.717) is 23.5 Å². The van der Waals surface area contributed by atoms with Gasteiger partial charge in [0, 0.05) is 31.2 Å². The van der Waals surface area contributed by atoms with Gasteiger partial charge in [0.05, 0.1) is 12.8 Å². The van der Waals surface area contributed by atoms with Crippen LogP contribution in [0.4, 0.5) is 10.1 Å². The second kappa shape index (κ2) is 6.24. The Kier molecular flexibility index (Phi) is 4.64. The fourth-order valence-electron chi connectivity index (χ4n) is 2.64. The Labute approximate surface area is 114 Å². The molecule has 0 radical (unpaired) electrons. The van der Waals surface area contributed by atoms with Gasteiger partial charge in [0.15, 0.2) is 0 Å². The van der Waals surface area contributed by atoms with Crippen LogP contribution < -0.4 is 15.0 Å². The van der Waals surface area contributed by atoms with E-state index in [0.717, 1.165) is 25.9 Å². The van der Waals surface area contributed by atoms with Gasteiger partial charge in [-0.25, -0.2) is 4.39 Å². The molecule has 1 saturated heterocycles. The fourth-order valence-corrected chi connectivity index (χ4v) is 2.64. The number of nitrogens with zero attached hydrogens (tertiary/aromatic N) is 1. The van der Waals surface area contributed by atoms with E-state index in [2.05, 4.69) is 24.1 Å². The third-order valence-electron chi connectivity index (χ3n) is 3.93. The molecular formula is C15H23FN2O. The summed E-state index contributed by atoms with van der Waals surface area (Å²) in [4.78, 5) is 2.18. The summed E-state index contributed by atoms with van der Waals surface area (Å²) in [7, 11) is 1.61. The van der Waals surface area contributed by atoms with Crippen molar-refractivity contribution in [1.82, 2.24) is 5.32 Å². The summed E-state index contributed by atoms with van der Waals surface area (Å²) in [6.45, 7) is 6.05. The fraction of sp³-hybridized carbons (Fsp3) is 0.600. The van der Waals surface area contributed by atoms with Gasteiger partial charge in [-0.2, -0.15) is 0 Å². The third-order valence-corrected chi connectivity index (χ3v) is 3.93. The molecule has 1 N–H and O–H groups in total. The van der Waals surface area contributed by atoms with E-state index in [4.69, 9.17) is 4.74 Å². The summed E-state index contributed by atoms with van der Waals surface area (Å²) in [6.07, 6.45) is 2.05. The molecule has 2 unspecified atom stereocenters. The number of benzene rings is 1. The van der Waals surface area contributed by atoms with Gasteiger partial charge < -0.3 is 15.0 Å². The SMILES string of the molecule is CCC1CN(c2cc(OC)ccc2F)C(CC)CN1. The topological polar surface area (TPSA) is 24.5 Å². The first-order chi connectivity index (χ1) is 9.19. The van der Waals surface area contributed by atoms with Crippen LogP contribution >= 0.6 is 0 Å². The highest BCUT2D eigenvalue weighted by atomic mass is 19.1. The molecule has 0 bridgehead atoms. The number of hydrogen-bond acceptors (Lipinski definition) is 3. The van der Waals surface area contributed by atoms with Crippen molar-refractivity contribution in [3.63, 3.8) is 0 Å². The quantitative estimate of drug-likeness (QED) is 0.907. The van der Waals surface area contributed by atoms with Gasteiger partial charge in [-0.05, 0) is 25.0 Å². The number of ether oxygens (including phenoxy) is 1. The van der Waals surface area contributed by atoms with Crippen molar-refractivity contribution in [3.8, 4) is 5.75 Å². The lowest BCUT2D eigenvalue weighted by atomic mass is 10.0. The van der Waals surface area contributed by atoms with E-state index in [1.807, 2.05) is 0 Å². The Bertz CT molecular complexity index is 425. The van der Waals surface area contributed by atoms with Gasteiger partial charge in [-0.3, -0.25) is 0 Å². The summed E-state index contributed by atoms with van der Waals surface area (Å²) in [5.41, 5.74) is 0.658. The summed E-state index contributed by atoms with van der Waals surface area (Å²) in [5.74, 6) is 0.536. The van der Waals surface area contributed by atoms with Crippen molar-refractivity contribution in [2.45, 2.75) is 38.8 Å². The molecule has 1 aromatic carbocycles. The maximum Gasteiger partial charge on any atom is 0.146 e. The van der Waals surface area contributed by atoms with Gasteiger partial charge in [-0.15, -0.1) is 0 Å². The first kappa shape index (κ1) is 14.1. The zero-order valence-corrected chi connectivity index (χ0v) is 11.9. The lowest BCUT2D eigenvalue weighted by Crippen LogP contribution is -2.56. The van der Waals surface area contributed by atoms with Crippen molar-refractivity contribution in [2.24, 2.45) is 0 Å². The number of piperazine rings is 1. The van der Waals surface area contributed by atoms with E-state index < -0.39 is 0 Å². The smallest absolute Gasteiger partial charge is 0.146 e.